The van der Waals surface area contributed by atoms with E-state index in [-0.39, 0.29) is 12.3 Å². The number of hydrogen-bond donors (Lipinski definition) is 1. The van der Waals surface area contributed by atoms with Gasteiger partial charge in [-0.2, -0.15) is 0 Å². The fourth-order valence-electron chi connectivity index (χ4n) is 2.48. The minimum Gasteiger partial charge on any atom is -0.493 e. The molecule has 2 rings (SSSR count). The van der Waals surface area contributed by atoms with Crippen LogP contribution in [0.4, 0.5) is 0 Å². The molecular formula is C14H18ClNO4. The maximum atomic E-state index is 10.6. The lowest BCUT2D eigenvalue weighted by molar-refractivity contribution is -0.139. The SMILES string of the molecule is COc1ccc(CN2CC(CC(=O)O)C2)c(Cl)c1OC. The molecule has 0 bridgehead atoms. The lowest BCUT2D eigenvalue weighted by Crippen LogP contribution is -2.46. The second-order valence-electron chi connectivity index (χ2n) is 4.93. The Kier molecular flexibility index (Phi) is 4.73. The number of methoxy groups -OCH3 is 2. The largest absolute Gasteiger partial charge is 0.493 e. The number of likely N-dealkylation sites (tertiary alicyclic amines) is 1. The van der Waals surface area contributed by atoms with E-state index in [1.54, 1.807) is 14.2 Å². The fourth-order valence-corrected chi connectivity index (χ4v) is 2.77. The zero-order valence-corrected chi connectivity index (χ0v) is 12.3. The molecule has 1 fully saturated rings. The van der Waals surface area contributed by atoms with Crippen molar-refractivity contribution in [2.75, 3.05) is 27.3 Å². The highest BCUT2D eigenvalue weighted by molar-refractivity contribution is 6.33. The van der Waals surface area contributed by atoms with E-state index in [9.17, 15) is 4.79 Å². The van der Waals surface area contributed by atoms with E-state index in [2.05, 4.69) is 4.90 Å². The van der Waals surface area contributed by atoms with Crippen LogP contribution >= 0.6 is 11.6 Å². The maximum Gasteiger partial charge on any atom is 0.303 e. The number of rotatable bonds is 6. The summed E-state index contributed by atoms with van der Waals surface area (Å²) in [5, 5.41) is 9.27. The third kappa shape index (κ3) is 3.16. The molecule has 5 nitrogen and oxygen atoms in total. The number of carbonyl (C=O) groups is 1. The summed E-state index contributed by atoms with van der Waals surface area (Å²) in [4.78, 5) is 12.8. The predicted molar refractivity (Wildman–Crippen MR) is 75.6 cm³/mol. The standard InChI is InChI=1S/C14H18ClNO4/c1-19-11-4-3-10(13(15)14(11)20-2)8-16-6-9(7-16)5-12(17)18/h3-4,9H,5-8H2,1-2H3,(H,17,18). The highest BCUT2D eigenvalue weighted by atomic mass is 35.5. The molecule has 1 heterocycles. The van der Waals surface area contributed by atoms with Crippen molar-refractivity contribution >= 4 is 17.6 Å². The van der Waals surface area contributed by atoms with Crippen molar-refractivity contribution in [3.05, 3.63) is 22.7 Å². The van der Waals surface area contributed by atoms with Gasteiger partial charge in [-0.15, -0.1) is 0 Å². The van der Waals surface area contributed by atoms with Gasteiger partial charge in [0.15, 0.2) is 11.5 Å². The van der Waals surface area contributed by atoms with E-state index in [4.69, 9.17) is 26.2 Å². The van der Waals surface area contributed by atoms with Crippen molar-refractivity contribution in [3.8, 4) is 11.5 Å². The number of carboxylic acids is 1. The van der Waals surface area contributed by atoms with E-state index in [1.165, 1.54) is 0 Å². The first-order chi connectivity index (χ1) is 9.55. The third-order valence-corrected chi connectivity index (χ3v) is 3.87. The van der Waals surface area contributed by atoms with Gasteiger partial charge in [0.25, 0.3) is 0 Å². The summed E-state index contributed by atoms with van der Waals surface area (Å²) in [5.74, 6) is 0.646. The second kappa shape index (κ2) is 6.33. The average Bonchev–Trinajstić information content (AvgIpc) is 2.37. The van der Waals surface area contributed by atoms with Gasteiger partial charge in [-0.3, -0.25) is 9.69 Å². The van der Waals surface area contributed by atoms with Crippen LogP contribution in [0, 0.1) is 5.92 Å². The number of hydrogen-bond acceptors (Lipinski definition) is 4. The molecule has 1 N–H and O–H groups in total. The van der Waals surface area contributed by atoms with Gasteiger partial charge in [0.05, 0.1) is 25.7 Å². The summed E-state index contributed by atoms with van der Waals surface area (Å²) in [6, 6.07) is 3.74. The van der Waals surface area contributed by atoms with Crippen LogP contribution in [0.25, 0.3) is 0 Å². The van der Waals surface area contributed by atoms with Crippen molar-refractivity contribution in [1.29, 1.82) is 0 Å². The normalized spacial score (nSPS) is 15.8. The Morgan fingerprint density at radius 1 is 1.40 bits per heavy atom. The van der Waals surface area contributed by atoms with E-state index in [0.29, 0.717) is 23.1 Å². The van der Waals surface area contributed by atoms with Gasteiger partial charge in [0.1, 0.15) is 0 Å². The Morgan fingerprint density at radius 3 is 2.65 bits per heavy atom. The molecule has 1 aromatic carbocycles. The Balaban J connectivity index is 1.99. The van der Waals surface area contributed by atoms with Crippen LogP contribution < -0.4 is 9.47 Å². The molecule has 0 saturated carbocycles. The lowest BCUT2D eigenvalue weighted by Gasteiger charge is -2.38. The molecule has 1 saturated heterocycles. The summed E-state index contributed by atoms with van der Waals surface area (Å²) in [5.41, 5.74) is 0.957. The Hall–Kier alpha value is -1.46. The van der Waals surface area contributed by atoms with Gasteiger partial charge in [-0.05, 0) is 17.5 Å². The highest BCUT2D eigenvalue weighted by Crippen LogP contribution is 2.38. The van der Waals surface area contributed by atoms with Crippen LogP contribution in [0.3, 0.4) is 0 Å². The molecule has 0 spiro atoms. The topological polar surface area (TPSA) is 59.0 Å². The van der Waals surface area contributed by atoms with Gasteiger partial charge < -0.3 is 14.6 Å². The Bertz CT molecular complexity index is 500. The maximum absolute atomic E-state index is 10.6. The van der Waals surface area contributed by atoms with Crippen LogP contribution in [0.2, 0.25) is 5.02 Å². The predicted octanol–water partition coefficient (Wildman–Crippen LogP) is 2.26. The molecule has 0 atom stereocenters. The molecular weight excluding hydrogens is 282 g/mol. The van der Waals surface area contributed by atoms with Gasteiger partial charge in [-0.25, -0.2) is 0 Å². The zero-order valence-electron chi connectivity index (χ0n) is 11.6. The molecule has 110 valence electrons. The van der Waals surface area contributed by atoms with Crippen molar-refractivity contribution in [1.82, 2.24) is 4.90 Å². The van der Waals surface area contributed by atoms with Gasteiger partial charge in [0.2, 0.25) is 0 Å². The van der Waals surface area contributed by atoms with E-state index >= 15 is 0 Å². The lowest BCUT2D eigenvalue weighted by atomic mass is 9.96. The monoisotopic (exact) mass is 299 g/mol. The molecule has 0 aliphatic carbocycles. The zero-order chi connectivity index (χ0) is 14.7. The number of ether oxygens (including phenoxy) is 2. The number of benzene rings is 1. The molecule has 20 heavy (non-hydrogen) atoms. The smallest absolute Gasteiger partial charge is 0.303 e. The second-order valence-corrected chi connectivity index (χ2v) is 5.31. The molecule has 1 aliphatic rings. The number of nitrogens with zero attached hydrogens (tertiary/aromatic N) is 1. The summed E-state index contributed by atoms with van der Waals surface area (Å²) in [7, 11) is 3.12. The molecule has 0 aromatic heterocycles. The Labute approximate surface area is 123 Å². The molecule has 0 amide bonds. The van der Waals surface area contributed by atoms with Crippen LogP contribution in [0.1, 0.15) is 12.0 Å². The summed E-state index contributed by atoms with van der Waals surface area (Å²) < 4.78 is 10.5. The highest BCUT2D eigenvalue weighted by Gasteiger charge is 2.29. The fraction of sp³-hybridized carbons (Fsp3) is 0.500. The number of aliphatic carboxylic acids is 1. The quantitative estimate of drug-likeness (QED) is 0.873. The van der Waals surface area contributed by atoms with E-state index in [0.717, 1.165) is 18.7 Å². The number of halogens is 1. The average molecular weight is 300 g/mol. The minimum atomic E-state index is -0.737. The van der Waals surface area contributed by atoms with Gasteiger partial charge in [0, 0.05) is 19.6 Å². The minimum absolute atomic E-state index is 0.232. The summed E-state index contributed by atoms with van der Waals surface area (Å²) in [6.45, 7) is 2.27. The molecule has 1 aliphatic heterocycles. The summed E-state index contributed by atoms with van der Waals surface area (Å²) >= 11 is 6.31. The third-order valence-electron chi connectivity index (χ3n) is 3.46. The van der Waals surface area contributed by atoms with Crippen LogP contribution in [-0.2, 0) is 11.3 Å². The molecule has 1 aromatic rings. The van der Waals surface area contributed by atoms with Crippen molar-refractivity contribution in [2.24, 2.45) is 5.92 Å². The first-order valence-corrected chi connectivity index (χ1v) is 6.76. The molecule has 6 heteroatoms. The van der Waals surface area contributed by atoms with Crippen molar-refractivity contribution in [2.45, 2.75) is 13.0 Å². The van der Waals surface area contributed by atoms with E-state index in [1.807, 2.05) is 12.1 Å². The van der Waals surface area contributed by atoms with Crippen LogP contribution in [0.5, 0.6) is 11.5 Å². The summed E-state index contributed by atoms with van der Waals surface area (Å²) in [6.07, 6.45) is 0.232. The van der Waals surface area contributed by atoms with Crippen LogP contribution in [-0.4, -0.2) is 43.3 Å². The molecule has 0 unspecified atom stereocenters. The van der Waals surface area contributed by atoms with Crippen molar-refractivity contribution in [3.63, 3.8) is 0 Å². The molecule has 0 radical (unpaired) electrons. The van der Waals surface area contributed by atoms with Crippen molar-refractivity contribution < 1.29 is 19.4 Å². The van der Waals surface area contributed by atoms with Gasteiger partial charge in [-0.1, -0.05) is 17.7 Å². The Morgan fingerprint density at radius 2 is 2.10 bits per heavy atom. The number of carboxylic acid groups (broad SMARTS) is 1. The van der Waals surface area contributed by atoms with E-state index < -0.39 is 5.97 Å². The van der Waals surface area contributed by atoms with Gasteiger partial charge >= 0.3 is 5.97 Å². The first-order valence-electron chi connectivity index (χ1n) is 6.38. The van der Waals surface area contributed by atoms with Crippen LogP contribution in [0.15, 0.2) is 12.1 Å². The first kappa shape index (κ1) is 14.9.